The van der Waals surface area contributed by atoms with E-state index in [-0.39, 0.29) is 11.8 Å². The number of anilines is 1. The lowest BCUT2D eigenvalue weighted by atomic mass is 10.1. The number of benzene rings is 3. The van der Waals surface area contributed by atoms with Crippen LogP contribution in [0, 0.1) is 0 Å². The van der Waals surface area contributed by atoms with Crippen LogP contribution in [0.1, 0.15) is 33.6 Å². The first-order valence-corrected chi connectivity index (χ1v) is 11.1. The monoisotopic (exact) mass is 436 g/mol. The van der Waals surface area contributed by atoms with Crippen molar-refractivity contribution in [3.8, 4) is 16.9 Å². The highest BCUT2D eigenvalue weighted by Crippen LogP contribution is 2.23. The minimum Gasteiger partial charge on any atom is -0.339 e. The lowest BCUT2D eigenvalue weighted by Gasteiger charge is -2.15. The fourth-order valence-corrected chi connectivity index (χ4v) is 4.12. The fraction of sp³-hybridized carbons (Fsp3) is 0.148. The van der Waals surface area contributed by atoms with E-state index >= 15 is 0 Å². The van der Waals surface area contributed by atoms with E-state index in [9.17, 15) is 9.59 Å². The molecule has 1 N–H and O–H groups in total. The Morgan fingerprint density at radius 3 is 2.30 bits per heavy atom. The third kappa shape index (κ3) is 4.41. The maximum Gasteiger partial charge on any atom is 0.255 e. The Morgan fingerprint density at radius 1 is 0.788 bits per heavy atom. The average Bonchev–Trinajstić information content (AvgIpc) is 3.57. The third-order valence-electron chi connectivity index (χ3n) is 5.85. The molecule has 1 saturated heterocycles. The van der Waals surface area contributed by atoms with Crippen LogP contribution >= 0.6 is 0 Å². The van der Waals surface area contributed by atoms with Gasteiger partial charge in [0.15, 0.2) is 0 Å². The summed E-state index contributed by atoms with van der Waals surface area (Å²) in [4.78, 5) is 27.3. The number of hydrogen-bond acceptors (Lipinski definition) is 3. The quantitative estimate of drug-likeness (QED) is 0.477. The van der Waals surface area contributed by atoms with Crippen LogP contribution in [0.15, 0.2) is 91.1 Å². The number of amides is 2. The van der Waals surface area contributed by atoms with Gasteiger partial charge in [0.2, 0.25) is 0 Å². The highest BCUT2D eigenvalue weighted by molar-refractivity contribution is 6.05. The van der Waals surface area contributed by atoms with E-state index in [0.717, 1.165) is 42.9 Å². The van der Waals surface area contributed by atoms with Gasteiger partial charge in [0.05, 0.1) is 17.6 Å². The minimum atomic E-state index is -0.219. The highest BCUT2D eigenvalue weighted by atomic mass is 16.2. The summed E-state index contributed by atoms with van der Waals surface area (Å²) in [6.07, 6.45) is 3.87. The van der Waals surface area contributed by atoms with E-state index in [1.54, 1.807) is 36.5 Å². The molecule has 2 amide bonds. The molecule has 5 rings (SSSR count). The number of carbonyl (C=O) groups excluding carboxylic acids is 2. The predicted octanol–water partition coefficient (Wildman–Crippen LogP) is 5.03. The van der Waals surface area contributed by atoms with E-state index in [4.69, 9.17) is 0 Å². The van der Waals surface area contributed by atoms with Crippen LogP contribution in [0.4, 0.5) is 5.69 Å². The highest BCUT2D eigenvalue weighted by Gasteiger charge is 2.19. The first-order chi connectivity index (χ1) is 16.2. The molecule has 0 radical (unpaired) electrons. The second kappa shape index (κ2) is 9.12. The molecule has 6 heteroatoms. The second-order valence-electron chi connectivity index (χ2n) is 8.08. The largest absolute Gasteiger partial charge is 0.339 e. The second-order valence-corrected chi connectivity index (χ2v) is 8.08. The van der Waals surface area contributed by atoms with Crippen molar-refractivity contribution in [2.45, 2.75) is 12.8 Å². The van der Waals surface area contributed by atoms with Crippen LogP contribution in [0.25, 0.3) is 16.9 Å². The first kappa shape index (κ1) is 20.7. The normalized spacial score (nSPS) is 13.2. The van der Waals surface area contributed by atoms with Crippen molar-refractivity contribution in [2.24, 2.45) is 0 Å². The van der Waals surface area contributed by atoms with Crippen LogP contribution in [0.2, 0.25) is 0 Å². The van der Waals surface area contributed by atoms with Crippen molar-refractivity contribution in [1.29, 1.82) is 0 Å². The average molecular weight is 437 g/mol. The zero-order valence-electron chi connectivity index (χ0n) is 18.1. The topological polar surface area (TPSA) is 67.2 Å². The summed E-state index contributed by atoms with van der Waals surface area (Å²) in [7, 11) is 0. The Morgan fingerprint density at radius 2 is 1.55 bits per heavy atom. The Hall–Kier alpha value is -4.19. The molecule has 0 spiro atoms. The summed E-state index contributed by atoms with van der Waals surface area (Å²) in [6.45, 7) is 1.63. The Labute approximate surface area is 192 Å². The molecule has 4 aromatic rings. The third-order valence-corrected chi connectivity index (χ3v) is 5.85. The summed E-state index contributed by atoms with van der Waals surface area (Å²) in [6, 6.07) is 26.4. The molecule has 0 unspecified atom stereocenters. The standard InChI is InChI=1S/C27H24N4O2/c32-26(29-23-13-11-21(12-14-23)27(33)30-17-4-5-18-30)22-9-6-10-24(19-22)31-25(15-16-28-31)20-7-2-1-3-8-20/h1-3,6-16,19H,4-5,17-18H2,(H,29,32). The number of carbonyl (C=O) groups is 2. The van der Waals surface area contributed by atoms with Gasteiger partial charge in [-0.05, 0) is 61.4 Å². The van der Waals surface area contributed by atoms with Crippen LogP contribution in [-0.2, 0) is 0 Å². The van der Waals surface area contributed by atoms with Gasteiger partial charge in [-0.3, -0.25) is 9.59 Å². The maximum absolute atomic E-state index is 12.9. The molecule has 6 nitrogen and oxygen atoms in total. The van der Waals surface area contributed by atoms with Crippen LogP contribution in [-0.4, -0.2) is 39.6 Å². The first-order valence-electron chi connectivity index (χ1n) is 11.1. The Bertz CT molecular complexity index is 1270. The van der Waals surface area contributed by atoms with Gasteiger partial charge < -0.3 is 10.2 Å². The molecule has 0 saturated carbocycles. The molecule has 164 valence electrons. The van der Waals surface area contributed by atoms with Crippen molar-refractivity contribution < 1.29 is 9.59 Å². The van der Waals surface area contributed by atoms with Gasteiger partial charge in [0, 0.05) is 35.5 Å². The van der Waals surface area contributed by atoms with Crippen LogP contribution < -0.4 is 5.32 Å². The summed E-state index contributed by atoms with van der Waals surface area (Å²) in [5.41, 5.74) is 4.62. The molecule has 1 aliphatic rings. The smallest absolute Gasteiger partial charge is 0.255 e. The van der Waals surface area contributed by atoms with Crippen molar-refractivity contribution >= 4 is 17.5 Å². The van der Waals surface area contributed by atoms with Gasteiger partial charge in [0.25, 0.3) is 11.8 Å². The number of hydrogen-bond donors (Lipinski definition) is 1. The van der Waals surface area contributed by atoms with Gasteiger partial charge in [-0.25, -0.2) is 4.68 Å². The van der Waals surface area contributed by atoms with Gasteiger partial charge in [-0.1, -0.05) is 36.4 Å². The summed E-state index contributed by atoms with van der Waals surface area (Å²) < 4.78 is 1.82. The molecule has 3 aromatic carbocycles. The van der Waals surface area contributed by atoms with E-state index in [2.05, 4.69) is 10.4 Å². The van der Waals surface area contributed by atoms with E-state index < -0.39 is 0 Å². The van der Waals surface area contributed by atoms with Crippen LogP contribution in [0.5, 0.6) is 0 Å². The van der Waals surface area contributed by atoms with Crippen molar-refractivity contribution in [3.63, 3.8) is 0 Å². The molecule has 2 heterocycles. The van der Waals surface area contributed by atoms with Crippen molar-refractivity contribution in [1.82, 2.24) is 14.7 Å². The number of aromatic nitrogens is 2. The molecular formula is C27H24N4O2. The molecule has 1 aliphatic heterocycles. The number of nitrogens with zero attached hydrogens (tertiary/aromatic N) is 3. The van der Waals surface area contributed by atoms with E-state index in [1.165, 1.54) is 0 Å². The molecule has 0 bridgehead atoms. The van der Waals surface area contributed by atoms with Gasteiger partial charge in [-0.15, -0.1) is 0 Å². The van der Waals surface area contributed by atoms with Gasteiger partial charge >= 0.3 is 0 Å². The molecular weight excluding hydrogens is 412 g/mol. The summed E-state index contributed by atoms with van der Waals surface area (Å²) in [5.74, 6) is -0.171. The fourth-order valence-electron chi connectivity index (χ4n) is 4.12. The lowest BCUT2D eigenvalue weighted by Crippen LogP contribution is -2.27. The van der Waals surface area contributed by atoms with Crippen molar-refractivity contribution in [2.75, 3.05) is 18.4 Å². The van der Waals surface area contributed by atoms with E-state index in [0.29, 0.717) is 16.8 Å². The summed E-state index contributed by atoms with van der Waals surface area (Å²) >= 11 is 0. The van der Waals surface area contributed by atoms with E-state index in [1.807, 2.05) is 64.2 Å². The van der Waals surface area contributed by atoms with Crippen LogP contribution in [0.3, 0.4) is 0 Å². The number of likely N-dealkylation sites (tertiary alicyclic amines) is 1. The molecule has 1 fully saturated rings. The molecule has 33 heavy (non-hydrogen) atoms. The maximum atomic E-state index is 12.9. The SMILES string of the molecule is O=C(Nc1ccc(C(=O)N2CCCC2)cc1)c1cccc(-n2nccc2-c2ccccc2)c1. The predicted molar refractivity (Wildman–Crippen MR) is 129 cm³/mol. The molecule has 1 aromatic heterocycles. The zero-order valence-corrected chi connectivity index (χ0v) is 18.1. The number of rotatable bonds is 5. The van der Waals surface area contributed by atoms with Gasteiger partial charge in [0.1, 0.15) is 0 Å². The Kier molecular flexibility index (Phi) is 5.72. The summed E-state index contributed by atoms with van der Waals surface area (Å²) in [5, 5.41) is 7.37. The number of nitrogens with one attached hydrogen (secondary N) is 1. The lowest BCUT2D eigenvalue weighted by molar-refractivity contribution is 0.0792. The molecule has 0 atom stereocenters. The van der Waals surface area contributed by atoms with Crippen molar-refractivity contribution in [3.05, 3.63) is 102 Å². The van der Waals surface area contributed by atoms with Gasteiger partial charge in [-0.2, -0.15) is 5.10 Å². The minimum absolute atomic E-state index is 0.0477. The Balaban J connectivity index is 1.32. The molecule has 0 aliphatic carbocycles. The zero-order chi connectivity index (χ0) is 22.6.